The van der Waals surface area contributed by atoms with Gasteiger partial charge in [-0.2, -0.15) is 0 Å². The third-order valence-electron chi connectivity index (χ3n) is 4.90. The number of fused-ring (bicyclic) bond motifs is 1. The smallest absolute Gasteiger partial charge is 0.253 e. The van der Waals surface area contributed by atoms with Crippen LogP contribution in [0.3, 0.4) is 0 Å². The van der Waals surface area contributed by atoms with Crippen LogP contribution in [-0.2, 0) is 16.1 Å². The van der Waals surface area contributed by atoms with E-state index >= 15 is 0 Å². The van der Waals surface area contributed by atoms with Crippen LogP contribution in [0.2, 0.25) is 5.02 Å². The number of thioether (sulfide) groups is 1. The first-order valence-corrected chi connectivity index (χ1v) is 11.2. The Morgan fingerprint density at radius 3 is 2.50 bits per heavy atom. The molecule has 0 aliphatic carbocycles. The largest absolute Gasteiger partial charge is 0.350 e. The minimum atomic E-state index is -0.267. The van der Waals surface area contributed by atoms with Gasteiger partial charge < -0.3 is 15.1 Å². The highest BCUT2D eigenvalue weighted by molar-refractivity contribution is 8.00. The van der Waals surface area contributed by atoms with E-state index < -0.39 is 0 Å². The summed E-state index contributed by atoms with van der Waals surface area (Å²) in [5, 5.41) is 3.47. The van der Waals surface area contributed by atoms with E-state index in [1.165, 1.54) is 16.7 Å². The van der Waals surface area contributed by atoms with E-state index in [2.05, 4.69) is 5.32 Å². The SMILES string of the molecule is CCN(CC)C(=O)c1ccc2c(c1)N(CC(=O)NCc1ccc(Cl)cc1)C(=O)CS2. The minimum absolute atomic E-state index is 0.0852. The van der Waals surface area contributed by atoms with Gasteiger partial charge in [-0.05, 0) is 49.7 Å². The monoisotopic (exact) mass is 445 g/mol. The molecule has 3 rings (SSSR count). The molecule has 0 bridgehead atoms. The number of nitrogens with one attached hydrogen (secondary N) is 1. The lowest BCUT2D eigenvalue weighted by atomic mass is 10.1. The molecule has 0 spiro atoms. The molecule has 1 N–H and O–H groups in total. The third-order valence-corrected chi connectivity index (χ3v) is 6.20. The maximum Gasteiger partial charge on any atom is 0.253 e. The Balaban J connectivity index is 1.74. The van der Waals surface area contributed by atoms with Gasteiger partial charge in [0, 0.05) is 35.1 Å². The van der Waals surface area contributed by atoms with E-state index in [0.29, 0.717) is 35.9 Å². The summed E-state index contributed by atoms with van der Waals surface area (Å²) < 4.78 is 0. The Hall–Kier alpha value is -2.51. The summed E-state index contributed by atoms with van der Waals surface area (Å²) in [6.45, 7) is 5.32. The normalized spacial score (nSPS) is 13.0. The Morgan fingerprint density at radius 2 is 1.83 bits per heavy atom. The molecule has 0 saturated heterocycles. The lowest BCUT2D eigenvalue weighted by molar-refractivity contribution is -0.123. The van der Waals surface area contributed by atoms with Crippen molar-refractivity contribution in [1.29, 1.82) is 0 Å². The standard InChI is InChI=1S/C22H24ClN3O3S/c1-3-25(4-2)22(29)16-7-10-19-18(11-16)26(21(28)14-30-19)13-20(27)24-12-15-5-8-17(23)9-6-15/h5-11H,3-4,12-14H2,1-2H3,(H,24,27). The average molecular weight is 446 g/mol. The molecule has 2 aromatic rings. The van der Waals surface area contributed by atoms with Gasteiger partial charge in [0.05, 0.1) is 11.4 Å². The number of hydrogen-bond acceptors (Lipinski definition) is 4. The van der Waals surface area contributed by atoms with E-state index in [1.807, 2.05) is 32.0 Å². The molecule has 0 aromatic heterocycles. The van der Waals surface area contributed by atoms with E-state index in [-0.39, 0.29) is 30.0 Å². The predicted molar refractivity (Wildman–Crippen MR) is 120 cm³/mol. The number of amides is 3. The van der Waals surface area contributed by atoms with Crippen molar-refractivity contribution in [2.24, 2.45) is 0 Å². The number of anilines is 1. The van der Waals surface area contributed by atoms with Gasteiger partial charge in [0.1, 0.15) is 6.54 Å². The number of nitrogens with zero attached hydrogens (tertiary/aromatic N) is 2. The van der Waals surface area contributed by atoms with Crippen LogP contribution in [0.5, 0.6) is 0 Å². The van der Waals surface area contributed by atoms with Crippen LogP contribution in [0, 0.1) is 0 Å². The zero-order valence-electron chi connectivity index (χ0n) is 17.0. The van der Waals surface area contributed by atoms with Gasteiger partial charge in [-0.15, -0.1) is 11.8 Å². The molecule has 1 aliphatic rings. The summed E-state index contributed by atoms with van der Waals surface area (Å²) in [5.41, 5.74) is 2.04. The third kappa shape index (κ3) is 5.15. The second-order valence-electron chi connectivity index (χ2n) is 6.83. The highest BCUT2D eigenvalue weighted by atomic mass is 35.5. The van der Waals surface area contributed by atoms with Gasteiger partial charge in [0.2, 0.25) is 11.8 Å². The molecule has 0 unspecified atom stereocenters. The number of carbonyl (C=O) groups excluding carboxylic acids is 3. The second kappa shape index (κ2) is 10.00. The molecule has 158 valence electrons. The summed E-state index contributed by atoms with van der Waals surface area (Å²) in [6.07, 6.45) is 0. The molecule has 0 atom stereocenters. The molecule has 1 heterocycles. The van der Waals surface area contributed by atoms with Crippen LogP contribution < -0.4 is 10.2 Å². The van der Waals surface area contributed by atoms with Crippen molar-refractivity contribution in [3.05, 3.63) is 58.6 Å². The van der Waals surface area contributed by atoms with E-state index in [0.717, 1.165) is 10.5 Å². The second-order valence-corrected chi connectivity index (χ2v) is 8.29. The van der Waals surface area contributed by atoms with Crippen molar-refractivity contribution in [3.63, 3.8) is 0 Å². The Labute approximate surface area is 185 Å². The Kier molecular flexibility index (Phi) is 7.39. The first kappa shape index (κ1) is 22.2. The van der Waals surface area contributed by atoms with Crippen LogP contribution in [0.25, 0.3) is 0 Å². The average Bonchev–Trinajstić information content (AvgIpc) is 2.75. The number of hydrogen-bond donors (Lipinski definition) is 1. The molecule has 2 aromatic carbocycles. The van der Waals surface area contributed by atoms with E-state index in [9.17, 15) is 14.4 Å². The highest BCUT2D eigenvalue weighted by Crippen LogP contribution is 2.36. The molecule has 30 heavy (non-hydrogen) atoms. The molecule has 0 radical (unpaired) electrons. The van der Waals surface area contributed by atoms with Crippen molar-refractivity contribution in [2.75, 3.05) is 30.3 Å². The fourth-order valence-electron chi connectivity index (χ4n) is 3.20. The van der Waals surface area contributed by atoms with Gasteiger partial charge in [-0.1, -0.05) is 23.7 Å². The minimum Gasteiger partial charge on any atom is -0.350 e. The van der Waals surface area contributed by atoms with E-state index in [4.69, 9.17) is 11.6 Å². The summed E-state index contributed by atoms with van der Waals surface area (Å²) in [4.78, 5) is 41.8. The van der Waals surface area contributed by atoms with Crippen LogP contribution in [0.4, 0.5) is 5.69 Å². The molecule has 6 nitrogen and oxygen atoms in total. The first-order valence-electron chi connectivity index (χ1n) is 9.80. The summed E-state index contributed by atoms with van der Waals surface area (Å²) in [6, 6.07) is 12.5. The Morgan fingerprint density at radius 1 is 1.13 bits per heavy atom. The number of halogens is 1. The lowest BCUT2D eigenvalue weighted by Crippen LogP contribution is -2.43. The molecule has 8 heteroatoms. The number of benzene rings is 2. The molecule has 1 aliphatic heterocycles. The lowest BCUT2D eigenvalue weighted by Gasteiger charge is -2.29. The maximum atomic E-state index is 12.7. The van der Waals surface area contributed by atoms with E-state index in [1.54, 1.807) is 29.2 Å². The highest BCUT2D eigenvalue weighted by Gasteiger charge is 2.28. The van der Waals surface area contributed by atoms with Crippen molar-refractivity contribution in [1.82, 2.24) is 10.2 Å². The number of rotatable bonds is 7. The Bertz CT molecular complexity index is 945. The molecule has 0 saturated carbocycles. The quantitative estimate of drug-likeness (QED) is 0.707. The summed E-state index contributed by atoms with van der Waals surface area (Å²) in [5.74, 6) is -0.239. The fourth-order valence-corrected chi connectivity index (χ4v) is 4.25. The van der Waals surface area contributed by atoms with Crippen LogP contribution >= 0.6 is 23.4 Å². The topological polar surface area (TPSA) is 69.7 Å². The predicted octanol–water partition coefficient (Wildman–Crippen LogP) is 3.58. The van der Waals surface area contributed by atoms with Crippen LogP contribution in [-0.4, -0.2) is 48.0 Å². The molecular weight excluding hydrogens is 422 g/mol. The van der Waals surface area contributed by atoms with Gasteiger partial charge in [0.15, 0.2) is 0 Å². The zero-order chi connectivity index (χ0) is 21.7. The van der Waals surface area contributed by atoms with Crippen molar-refractivity contribution in [3.8, 4) is 0 Å². The van der Waals surface area contributed by atoms with Crippen molar-refractivity contribution in [2.45, 2.75) is 25.3 Å². The van der Waals surface area contributed by atoms with Crippen molar-refractivity contribution >= 4 is 46.8 Å². The first-order chi connectivity index (χ1) is 14.4. The zero-order valence-corrected chi connectivity index (χ0v) is 18.6. The number of carbonyl (C=O) groups is 3. The van der Waals surface area contributed by atoms with Crippen LogP contribution in [0.15, 0.2) is 47.4 Å². The fraction of sp³-hybridized carbons (Fsp3) is 0.318. The van der Waals surface area contributed by atoms with Gasteiger partial charge in [0.25, 0.3) is 5.91 Å². The van der Waals surface area contributed by atoms with Crippen LogP contribution in [0.1, 0.15) is 29.8 Å². The molecule has 3 amide bonds. The van der Waals surface area contributed by atoms with Gasteiger partial charge in [-0.3, -0.25) is 14.4 Å². The molecular formula is C22H24ClN3O3S. The summed E-state index contributed by atoms with van der Waals surface area (Å²) >= 11 is 7.30. The van der Waals surface area contributed by atoms with Gasteiger partial charge >= 0.3 is 0 Å². The summed E-state index contributed by atoms with van der Waals surface area (Å²) in [7, 11) is 0. The van der Waals surface area contributed by atoms with Gasteiger partial charge in [-0.25, -0.2) is 0 Å². The van der Waals surface area contributed by atoms with Crippen molar-refractivity contribution < 1.29 is 14.4 Å². The maximum absolute atomic E-state index is 12.7. The molecule has 0 fully saturated rings.